The quantitative estimate of drug-likeness (QED) is 0.232. The number of carboxylic acid groups (broad SMARTS) is 1. The number of rotatable bonds is 13. The fourth-order valence-corrected chi connectivity index (χ4v) is 8.51. The number of aromatic nitrogens is 2. The first-order valence-corrected chi connectivity index (χ1v) is 19.0. The van der Waals surface area contributed by atoms with Crippen LogP contribution in [0.1, 0.15) is 87.2 Å². The Morgan fingerprint density at radius 1 is 1.09 bits per heavy atom. The number of likely N-dealkylation sites (N-methyl/N-ethyl adjacent to an activating group) is 1. The molecule has 2 aromatic carbocycles. The van der Waals surface area contributed by atoms with Crippen LogP contribution in [0.3, 0.4) is 0 Å². The molecule has 1 aliphatic carbocycles. The van der Waals surface area contributed by atoms with Gasteiger partial charge in [0.2, 0.25) is 0 Å². The van der Waals surface area contributed by atoms with Gasteiger partial charge in [0.15, 0.2) is 9.84 Å². The van der Waals surface area contributed by atoms with E-state index in [1.807, 2.05) is 25.2 Å². The lowest BCUT2D eigenvalue weighted by molar-refractivity contribution is -0.144. The van der Waals surface area contributed by atoms with Crippen LogP contribution in [-0.4, -0.2) is 84.1 Å². The highest BCUT2D eigenvalue weighted by Crippen LogP contribution is 2.43. The molecular weight excluding hydrogens is 615 g/mol. The first-order valence-electron chi connectivity index (χ1n) is 17.1. The van der Waals surface area contributed by atoms with Gasteiger partial charge in [-0.15, -0.1) is 0 Å². The van der Waals surface area contributed by atoms with Crippen molar-refractivity contribution < 1.29 is 22.7 Å². The van der Waals surface area contributed by atoms with Gasteiger partial charge in [-0.05, 0) is 118 Å². The average Bonchev–Trinajstić information content (AvgIpc) is 3.64. The zero-order valence-corrected chi connectivity index (χ0v) is 29.3. The van der Waals surface area contributed by atoms with Crippen molar-refractivity contribution in [2.75, 3.05) is 32.9 Å². The molecule has 3 aromatic rings. The van der Waals surface area contributed by atoms with Gasteiger partial charge < -0.3 is 10.0 Å². The summed E-state index contributed by atoms with van der Waals surface area (Å²) in [5, 5.41) is 14.9. The van der Waals surface area contributed by atoms with Crippen LogP contribution in [0, 0.1) is 17.7 Å². The Balaban J connectivity index is 1.25. The Labute approximate surface area is 279 Å². The Kier molecular flexibility index (Phi) is 11.2. The second-order valence-corrected chi connectivity index (χ2v) is 16.3. The molecule has 1 saturated carbocycles. The number of sulfone groups is 1. The van der Waals surface area contributed by atoms with Crippen molar-refractivity contribution in [2.24, 2.45) is 11.8 Å². The van der Waals surface area contributed by atoms with E-state index in [0.717, 1.165) is 68.7 Å². The number of piperidine rings is 1. The van der Waals surface area contributed by atoms with E-state index in [2.05, 4.69) is 41.3 Å². The molecule has 47 heavy (non-hydrogen) atoms. The summed E-state index contributed by atoms with van der Waals surface area (Å²) in [6.45, 7) is 9.91. The zero-order chi connectivity index (χ0) is 33.9. The highest BCUT2D eigenvalue weighted by Gasteiger charge is 2.41. The van der Waals surface area contributed by atoms with E-state index in [-0.39, 0.29) is 23.7 Å². The normalized spacial score (nSPS) is 21.9. The predicted octanol–water partition coefficient (Wildman–Crippen LogP) is 6.21. The number of aryl methyl sites for hydroxylation is 1. The molecule has 8 nitrogen and oxygen atoms in total. The van der Waals surface area contributed by atoms with Crippen molar-refractivity contribution in [2.45, 2.75) is 94.7 Å². The molecule has 1 N–H and O–H groups in total. The number of benzene rings is 2. The molecule has 256 valence electrons. The number of nitrogens with zero attached hydrogens (tertiary/aromatic N) is 4. The summed E-state index contributed by atoms with van der Waals surface area (Å²) in [6.07, 6.45) is 6.28. The van der Waals surface area contributed by atoms with Gasteiger partial charge in [-0.3, -0.25) is 14.4 Å². The standard InChI is InChI=1S/C37H51FN4O4S/c1-6-42-35(22-31(39-42)19-26-10-12-33(13-11-26)47(5,45)46)27-14-16-41(17-15-27)24-29-21-32(40(4)36(37(43)44)18-25(2)3)23-34(29)28-8-7-9-30(38)20-28/h7-13,20,22,25,27,29,32,34,36H,6,14-19,21,23-24H2,1-5H3,(H,43,44)/t29?,32?,34?,36-/m1/s1. The van der Waals surface area contributed by atoms with E-state index in [1.54, 1.807) is 24.3 Å². The van der Waals surface area contributed by atoms with Crippen molar-refractivity contribution in [1.29, 1.82) is 0 Å². The number of hydrogen-bond acceptors (Lipinski definition) is 6. The lowest BCUT2D eigenvalue weighted by Crippen LogP contribution is -2.45. The number of carbonyl (C=O) groups is 1. The maximum absolute atomic E-state index is 14.4. The molecule has 2 aliphatic rings. The lowest BCUT2D eigenvalue weighted by atomic mass is 9.87. The number of aliphatic carboxylic acids is 1. The van der Waals surface area contributed by atoms with Gasteiger partial charge in [-0.1, -0.05) is 38.1 Å². The fourth-order valence-electron chi connectivity index (χ4n) is 7.88. The van der Waals surface area contributed by atoms with Crippen LogP contribution in [0.25, 0.3) is 0 Å². The van der Waals surface area contributed by atoms with Crippen molar-refractivity contribution in [1.82, 2.24) is 19.6 Å². The van der Waals surface area contributed by atoms with Crippen LogP contribution in [0.2, 0.25) is 0 Å². The third kappa shape index (κ3) is 8.69. The predicted molar refractivity (Wildman–Crippen MR) is 183 cm³/mol. The SMILES string of the molecule is CCn1nc(Cc2ccc(S(C)(=O)=O)cc2)cc1C1CCN(CC2CC(N(C)[C@H](CC(C)C)C(=O)O)CC2c2cccc(F)c2)CC1. The summed E-state index contributed by atoms with van der Waals surface area (Å²) in [4.78, 5) is 17.2. The second-order valence-electron chi connectivity index (χ2n) is 14.2. The fraction of sp³-hybridized carbons (Fsp3) is 0.568. The molecule has 3 unspecified atom stereocenters. The molecule has 0 spiro atoms. The summed E-state index contributed by atoms with van der Waals surface area (Å²) >= 11 is 0. The maximum Gasteiger partial charge on any atom is 0.320 e. The Morgan fingerprint density at radius 3 is 2.38 bits per heavy atom. The number of likely N-dealkylation sites (tertiary alicyclic amines) is 1. The second kappa shape index (κ2) is 15.0. The van der Waals surface area contributed by atoms with Crippen LogP contribution < -0.4 is 0 Å². The van der Waals surface area contributed by atoms with Crippen molar-refractivity contribution >= 4 is 15.8 Å². The first kappa shape index (κ1) is 35.2. The first-order chi connectivity index (χ1) is 22.3. The molecule has 2 fully saturated rings. The van der Waals surface area contributed by atoms with Crippen LogP contribution in [0.15, 0.2) is 59.5 Å². The van der Waals surface area contributed by atoms with Gasteiger partial charge in [0.25, 0.3) is 0 Å². The van der Waals surface area contributed by atoms with Gasteiger partial charge in [0.1, 0.15) is 11.9 Å². The maximum atomic E-state index is 14.4. The molecule has 1 saturated heterocycles. The number of carboxylic acids is 1. The Hall–Kier alpha value is -3.08. The van der Waals surface area contributed by atoms with Crippen molar-refractivity contribution in [3.63, 3.8) is 0 Å². The van der Waals surface area contributed by atoms with E-state index < -0.39 is 21.8 Å². The summed E-state index contributed by atoms with van der Waals surface area (Å²) in [5.41, 5.74) is 4.31. The number of halogens is 1. The summed E-state index contributed by atoms with van der Waals surface area (Å²) in [5.74, 6) is 0.197. The van der Waals surface area contributed by atoms with Crippen molar-refractivity contribution in [3.8, 4) is 0 Å². The molecule has 0 amide bonds. The van der Waals surface area contributed by atoms with Crippen LogP contribution in [0.4, 0.5) is 4.39 Å². The van der Waals surface area contributed by atoms with Gasteiger partial charge in [-0.2, -0.15) is 5.10 Å². The minimum atomic E-state index is -3.22. The highest BCUT2D eigenvalue weighted by atomic mass is 32.2. The number of hydrogen-bond donors (Lipinski definition) is 1. The monoisotopic (exact) mass is 666 g/mol. The Morgan fingerprint density at radius 2 is 1.79 bits per heavy atom. The molecule has 2 heterocycles. The van der Waals surface area contributed by atoms with Gasteiger partial charge in [-0.25, -0.2) is 12.8 Å². The van der Waals surface area contributed by atoms with E-state index in [4.69, 9.17) is 5.10 Å². The minimum Gasteiger partial charge on any atom is -0.480 e. The third-order valence-electron chi connectivity index (χ3n) is 10.4. The average molecular weight is 667 g/mol. The summed E-state index contributed by atoms with van der Waals surface area (Å²) in [6, 6.07) is 15.9. The topological polar surface area (TPSA) is 95.7 Å². The highest BCUT2D eigenvalue weighted by molar-refractivity contribution is 7.90. The Bertz CT molecular complexity index is 1620. The largest absolute Gasteiger partial charge is 0.480 e. The molecule has 4 atom stereocenters. The zero-order valence-electron chi connectivity index (χ0n) is 28.5. The van der Waals surface area contributed by atoms with Crippen molar-refractivity contribution in [3.05, 3.63) is 82.9 Å². The van der Waals surface area contributed by atoms with E-state index >= 15 is 0 Å². The molecule has 5 rings (SSSR count). The molecule has 0 radical (unpaired) electrons. The lowest BCUT2D eigenvalue weighted by Gasteiger charge is -2.35. The van der Waals surface area contributed by atoms with Gasteiger partial charge >= 0.3 is 5.97 Å². The van der Waals surface area contributed by atoms with Gasteiger partial charge in [0.05, 0.1) is 10.6 Å². The minimum absolute atomic E-state index is 0.130. The molecule has 10 heteroatoms. The van der Waals surface area contributed by atoms with Crippen LogP contribution in [-0.2, 0) is 27.6 Å². The third-order valence-corrected chi connectivity index (χ3v) is 11.5. The molecule has 0 bridgehead atoms. The van der Waals surface area contributed by atoms with Crippen LogP contribution >= 0.6 is 0 Å². The summed E-state index contributed by atoms with van der Waals surface area (Å²) < 4.78 is 40.2. The summed E-state index contributed by atoms with van der Waals surface area (Å²) in [7, 11) is -1.27. The molecule has 1 aromatic heterocycles. The van der Waals surface area contributed by atoms with E-state index in [1.165, 1.54) is 18.0 Å². The van der Waals surface area contributed by atoms with Gasteiger partial charge in [0, 0.05) is 43.4 Å². The molecule has 1 aliphatic heterocycles. The van der Waals surface area contributed by atoms with Crippen LogP contribution in [0.5, 0.6) is 0 Å². The van der Waals surface area contributed by atoms with E-state index in [9.17, 15) is 22.7 Å². The smallest absolute Gasteiger partial charge is 0.320 e. The molecular formula is C37H51FN4O4S. The van der Waals surface area contributed by atoms with E-state index in [0.29, 0.717) is 29.6 Å².